The van der Waals surface area contributed by atoms with Crippen molar-refractivity contribution in [3.63, 3.8) is 0 Å². The van der Waals surface area contributed by atoms with E-state index in [4.69, 9.17) is 11.6 Å². The summed E-state index contributed by atoms with van der Waals surface area (Å²) in [6.07, 6.45) is -7.79. The molecule has 100 valence electrons. The molecule has 0 atom stereocenters. The minimum Gasteiger partial charge on any atom is -0.405 e. The van der Waals surface area contributed by atoms with Crippen molar-refractivity contribution in [1.82, 2.24) is 4.98 Å². The molecule has 0 aliphatic rings. The molecule has 0 radical (unpaired) electrons. The highest BCUT2D eigenvalue weighted by Gasteiger charge is 2.34. The van der Waals surface area contributed by atoms with Gasteiger partial charge in [-0.3, -0.25) is 9.78 Å². The van der Waals surface area contributed by atoms with Crippen molar-refractivity contribution in [2.75, 3.05) is 0 Å². The predicted molar refractivity (Wildman–Crippen MR) is 50.8 cm³/mol. The van der Waals surface area contributed by atoms with Crippen LogP contribution in [-0.2, 0) is 5.88 Å². The summed E-state index contributed by atoms with van der Waals surface area (Å²) in [4.78, 5) is 13.8. The van der Waals surface area contributed by atoms with Crippen LogP contribution in [-0.4, -0.2) is 17.6 Å². The zero-order chi connectivity index (χ0) is 13.9. The van der Waals surface area contributed by atoms with Gasteiger partial charge in [0.05, 0.1) is 11.4 Å². The topological polar surface area (TPSA) is 39.2 Å². The second-order valence-corrected chi connectivity index (χ2v) is 3.28. The molecule has 0 aliphatic carbocycles. The Bertz CT molecular complexity index is 449. The molecule has 1 aromatic heterocycles. The maximum absolute atomic E-state index is 12.5. The Morgan fingerprint density at radius 3 is 2.44 bits per heavy atom. The van der Waals surface area contributed by atoms with Crippen LogP contribution in [0.4, 0.5) is 22.0 Å². The van der Waals surface area contributed by atoms with Crippen molar-refractivity contribution >= 4 is 17.9 Å². The van der Waals surface area contributed by atoms with Crippen molar-refractivity contribution in [2.45, 2.75) is 18.7 Å². The number of pyridine rings is 1. The number of halogens is 6. The fraction of sp³-hybridized carbons (Fsp3) is 0.333. The molecule has 0 bridgehead atoms. The third-order valence-electron chi connectivity index (χ3n) is 1.86. The Labute approximate surface area is 103 Å². The molecule has 0 spiro atoms. The summed E-state index contributed by atoms with van der Waals surface area (Å²) in [6.45, 7) is 0. The first-order valence-corrected chi connectivity index (χ1v) is 4.90. The molecule has 0 aliphatic heterocycles. The monoisotopic (exact) mass is 289 g/mol. The number of hydrogen-bond acceptors (Lipinski definition) is 3. The van der Waals surface area contributed by atoms with E-state index in [1.165, 1.54) is 0 Å². The number of carbonyl (C=O) groups is 1. The quantitative estimate of drug-likeness (QED) is 0.484. The maximum Gasteiger partial charge on any atom is 0.573 e. The SMILES string of the molecule is O=Cc1c(C(F)F)ncc(CCl)c1OC(F)(F)F. The van der Waals surface area contributed by atoms with Crippen LogP contribution in [0.25, 0.3) is 0 Å². The molecule has 0 unspecified atom stereocenters. The molecule has 3 nitrogen and oxygen atoms in total. The Kier molecular flexibility index (Phi) is 4.44. The van der Waals surface area contributed by atoms with Crippen LogP contribution in [0.15, 0.2) is 6.20 Å². The second-order valence-electron chi connectivity index (χ2n) is 3.01. The van der Waals surface area contributed by atoms with Gasteiger partial charge in [0.25, 0.3) is 6.43 Å². The number of alkyl halides is 6. The highest BCUT2D eigenvalue weighted by atomic mass is 35.5. The van der Waals surface area contributed by atoms with Crippen LogP contribution in [0.3, 0.4) is 0 Å². The summed E-state index contributed by atoms with van der Waals surface area (Å²) < 4.78 is 64.8. The third kappa shape index (κ3) is 3.28. The number of rotatable bonds is 4. The van der Waals surface area contributed by atoms with Crippen LogP contribution in [0, 0.1) is 0 Å². The summed E-state index contributed by atoms with van der Waals surface area (Å²) in [5, 5.41) is 0. The minimum absolute atomic E-state index is 0.175. The van der Waals surface area contributed by atoms with Gasteiger partial charge in [-0.1, -0.05) is 0 Å². The Hall–Kier alpha value is -1.44. The number of nitrogens with zero attached hydrogens (tertiary/aromatic N) is 1. The molecule has 1 heterocycles. The molecule has 1 aromatic rings. The lowest BCUT2D eigenvalue weighted by molar-refractivity contribution is -0.275. The van der Waals surface area contributed by atoms with Crippen molar-refractivity contribution in [3.8, 4) is 5.75 Å². The minimum atomic E-state index is -5.13. The fourth-order valence-electron chi connectivity index (χ4n) is 1.18. The van der Waals surface area contributed by atoms with Crippen molar-refractivity contribution < 1.29 is 31.5 Å². The van der Waals surface area contributed by atoms with Gasteiger partial charge in [-0.25, -0.2) is 8.78 Å². The lowest BCUT2D eigenvalue weighted by Crippen LogP contribution is -2.20. The highest BCUT2D eigenvalue weighted by Crippen LogP contribution is 2.34. The van der Waals surface area contributed by atoms with Gasteiger partial charge in [0.15, 0.2) is 6.29 Å². The van der Waals surface area contributed by atoms with Gasteiger partial charge in [0.1, 0.15) is 11.4 Å². The molecule has 18 heavy (non-hydrogen) atoms. The number of carbonyl (C=O) groups excluding carboxylic acids is 1. The van der Waals surface area contributed by atoms with Gasteiger partial charge >= 0.3 is 6.36 Å². The lowest BCUT2D eigenvalue weighted by Gasteiger charge is -2.15. The molecule has 0 N–H and O–H groups in total. The third-order valence-corrected chi connectivity index (χ3v) is 2.15. The zero-order valence-corrected chi connectivity index (χ0v) is 9.23. The number of aldehydes is 1. The largest absolute Gasteiger partial charge is 0.573 e. The van der Waals surface area contributed by atoms with E-state index in [0.29, 0.717) is 6.20 Å². The molecule has 1 rings (SSSR count). The summed E-state index contributed by atoms with van der Waals surface area (Å²) in [5.74, 6) is -1.51. The highest BCUT2D eigenvalue weighted by molar-refractivity contribution is 6.17. The van der Waals surface area contributed by atoms with Gasteiger partial charge in [-0.2, -0.15) is 0 Å². The average Bonchev–Trinajstić information content (AvgIpc) is 2.26. The standard InChI is InChI=1S/C9H5ClF5NO2/c10-1-4-2-16-6(8(11)12)5(3-17)7(4)18-9(13,14)15/h2-3,8H,1H2. The fourth-order valence-corrected chi connectivity index (χ4v) is 1.37. The van der Waals surface area contributed by atoms with E-state index < -0.39 is 35.7 Å². The maximum atomic E-state index is 12.5. The summed E-state index contributed by atoms with van der Waals surface area (Å²) >= 11 is 5.33. The van der Waals surface area contributed by atoms with Gasteiger partial charge < -0.3 is 4.74 Å². The molecule has 0 amide bonds. The summed E-state index contributed by atoms with van der Waals surface area (Å²) in [5.41, 5.74) is -2.35. The van der Waals surface area contributed by atoms with E-state index in [0.717, 1.165) is 0 Å². The number of ether oxygens (including phenoxy) is 1. The molecule has 0 fully saturated rings. The van der Waals surface area contributed by atoms with Gasteiger partial charge in [-0.05, 0) is 0 Å². The van der Waals surface area contributed by atoms with E-state index in [-0.39, 0.29) is 11.8 Å². The summed E-state index contributed by atoms with van der Waals surface area (Å²) in [7, 11) is 0. The van der Waals surface area contributed by atoms with Crippen molar-refractivity contribution in [3.05, 3.63) is 23.0 Å². The second kappa shape index (κ2) is 5.47. The van der Waals surface area contributed by atoms with E-state index in [1.54, 1.807) is 0 Å². The Balaban J connectivity index is 3.42. The number of hydrogen-bond donors (Lipinski definition) is 0. The molecule has 9 heteroatoms. The van der Waals surface area contributed by atoms with E-state index in [2.05, 4.69) is 9.72 Å². The van der Waals surface area contributed by atoms with E-state index >= 15 is 0 Å². The normalized spacial score (nSPS) is 11.7. The molecule has 0 aromatic carbocycles. The van der Waals surface area contributed by atoms with Crippen LogP contribution in [0.1, 0.15) is 28.0 Å². The lowest BCUT2D eigenvalue weighted by atomic mass is 10.1. The first kappa shape index (κ1) is 14.6. The number of aromatic nitrogens is 1. The first-order chi connectivity index (χ1) is 8.30. The van der Waals surface area contributed by atoms with E-state index in [9.17, 15) is 26.7 Å². The smallest absolute Gasteiger partial charge is 0.405 e. The van der Waals surface area contributed by atoms with Crippen LogP contribution >= 0.6 is 11.6 Å². The van der Waals surface area contributed by atoms with Crippen LogP contribution < -0.4 is 4.74 Å². The molecule has 0 saturated carbocycles. The molecular weight excluding hydrogens is 285 g/mol. The first-order valence-electron chi connectivity index (χ1n) is 4.37. The van der Waals surface area contributed by atoms with Gasteiger partial charge in [-0.15, -0.1) is 24.8 Å². The zero-order valence-electron chi connectivity index (χ0n) is 8.47. The van der Waals surface area contributed by atoms with Crippen molar-refractivity contribution in [2.24, 2.45) is 0 Å². The summed E-state index contributed by atoms with van der Waals surface area (Å²) in [6, 6.07) is 0. The predicted octanol–water partition coefficient (Wildman–Crippen LogP) is 3.47. The van der Waals surface area contributed by atoms with Crippen molar-refractivity contribution in [1.29, 1.82) is 0 Å². The molecular formula is C9H5ClF5NO2. The molecule has 0 saturated heterocycles. The average molecular weight is 290 g/mol. The van der Waals surface area contributed by atoms with Gasteiger partial charge in [0, 0.05) is 11.8 Å². The Morgan fingerprint density at radius 1 is 1.44 bits per heavy atom. The Morgan fingerprint density at radius 2 is 2.06 bits per heavy atom. The van der Waals surface area contributed by atoms with Gasteiger partial charge in [0.2, 0.25) is 0 Å². The van der Waals surface area contributed by atoms with Crippen LogP contribution in [0.2, 0.25) is 0 Å². The van der Waals surface area contributed by atoms with E-state index in [1.807, 2.05) is 0 Å². The van der Waals surface area contributed by atoms with Crippen LogP contribution in [0.5, 0.6) is 5.75 Å².